The number of nitrogens with zero attached hydrogens (tertiary/aromatic N) is 1. The van der Waals surface area contributed by atoms with Crippen molar-refractivity contribution in [3.63, 3.8) is 0 Å². The van der Waals surface area contributed by atoms with Gasteiger partial charge >= 0.3 is 6.09 Å². The fraction of sp³-hybridized carbons (Fsp3) is 0.500. The average molecular weight is 324 g/mol. The first-order valence-corrected chi connectivity index (χ1v) is 7.79. The van der Waals surface area contributed by atoms with Gasteiger partial charge in [-0.3, -0.25) is 9.69 Å². The number of nitrogens with one attached hydrogen (secondary N) is 1. The Labute approximate surface area is 137 Å². The number of rotatable bonds is 5. The Hall–Kier alpha value is -1.69. The highest BCUT2D eigenvalue weighted by Gasteiger charge is 2.31. The van der Waals surface area contributed by atoms with Gasteiger partial charge in [0.25, 0.3) is 0 Å². The third-order valence-electron chi connectivity index (χ3n) is 2.84. The van der Waals surface area contributed by atoms with Crippen molar-refractivity contribution in [1.29, 1.82) is 0 Å². The summed E-state index contributed by atoms with van der Waals surface area (Å²) < 4.78 is 5.35. The number of hydrogen-bond donors (Lipinski definition) is 2. The zero-order valence-electron chi connectivity index (χ0n) is 13.5. The van der Waals surface area contributed by atoms with Crippen LogP contribution in [0.15, 0.2) is 30.3 Å². The van der Waals surface area contributed by atoms with Gasteiger partial charge in [0.1, 0.15) is 11.6 Å². The predicted octanol–water partition coefficient (Wildman–Crippen LogP) is 2.64. The highest BCUT2D eigenvalue weighted by Crippen LogP contribution is 2.22. The Balaban J connectivity index is 2.99. The molecule has 5 nitrogen and oxygen atoms in total. The highest BCUT2D eigenvalue weighted by molar-refractivity contribution is 7.80. The van der Waals surface area contributed by atoms with E-state index in [1.165, 1.54) is 4.90 Å². The van der Waals surface area contributed by atoms with Crippen LogP contribution in [0.1, 0.15) is 32.4 Å². The number of hydrogen-bond acceptors (Lipinski definition) is 4. The summed E-state index contributed by atoms with van der Waals surface area (Å²) >= 11 is 4.08. The molecule has 22 heavy (non-hydrogen) atoms. The highest BCUT2D eigenvalue weighted by atomic mass is 32.1. The summed E-state index contributed by atoms with van der Waals surface area (Å²) in [7, 11) is 1.56. The maximum Gasteiger partial charge on any atom is 0.410 e. The SMILES string of the molecule is CN(C(=O)OC(C)(C)C)C(C(=O)NCCS)c1ccccc1. The van der Waals surface area contributed by atoms with Gasteiger partial charge in [-0.1, -0.05) is 30.3 Å². The van der Waals surface area contributed by atoms with Gasteiger partial charge in [-0.25, -0.2) is 4.79 Å². The van der Waals surface area contributed by atoms with Gasteiger partial charge in [0.15, 0.2) is 0 Å². The first-order chi connectivity index (χ1) is 10.3. The van der Waals surface area contributed by atoms with Gasteiger partial charge in [-0.05, 0) is 26.3 Å². The van der Waals surface area contributed by atoms with Crippen molar-refractivity contribution in [3.05, 3.63) is 35.9 Å². The molecule has 0 aliphatic rings. The largest absolute Gasteiger partial charge is 0.444 e. The van der Waals surface area contributed by atoms with Gasteiger partial charge in [-0.15, -0.1) is 0 Å². The van der Waals surface area contributed by atoms with Crippen molar-refractivity contribution in [2.24, 2.45) is 0 Å². The predicted molar refractivity (Wildman–Crippen MR) is 90.0 cm³/mol. The van der Waals surface area contributed by atoms with Crippen LogP contribution in [0.25, 0.3) is 0 Å². The molecule has 0 aliphatic heterocycles. The van der Waals surface area contributed by atoms with E-state index in [0.717, 1.165) is 5.56 Å². The molecule has 1 rings (SSSR count). The molecule has 1 atom stereocenters. The molecule has 0 aromatic heterocycles. The molecule has 0 bridgehead atoms. The maximum absolute atomic E-state index is 12.4. The molecule has 2 amide bonds. The fourth-order valence-corrected chi connectivity index (χ4v) is 2.01. The molecule has 0 fully saturated rings. The second-order valence-electron chi connectivity index (χ2n) is 5.92. The van der Waals surface area contributed by atoms with E-state index in [4.69, 9.17) is 4.74 Å². The Kier molecular flexibility index (Phi) is 6.74. The maximum atomic E-state index is 12.4. The molecule has 0 radical (unpaired) electrons. The number of carbonyl (C=O) groups excluding carboxylic acids is 2. The zero-order valence-corrected chi connectivity index (χ0v) is 14.4. The van der Waals surface area contributed by atoms with Crippen molar-refractivity contribution in [2.75, 3.05) is 19.3 Å². The molecule has 1 aromatic carbocycles. The van der Waals surface area contributed by atoms with Crippen LogP contribution in [0.5, 0.6) is 0 Å². The molecule has 0 aliphatic carbocycles. The van der Waals surface area contributed by atoms with E-state index in [2.05, 4.69) is 17.9 Å². The summed E-state index contributed by atoms with van der Waals surface area (Å²) in [5.74, 6) is 0.275. The zero-order chi connectivity index (χ0) is 16.8. The van der Waals surface area contributed by atoms with Gasteiger partial charge < -0.3 is 10.1 Å². The summed E-state index contributed by atoms with van der Waals surface area (Å²) in [5.41, 5.74) is 0.112. The lowest BCUT2D eigenvalue weighted by molar-refractivity contribution is -0.126. The van der Waals surface area contributed by atoms with Crippen LogP contribution in [0.4, 0.5) is 4.79 Å². The van der Waals surface area contributed by atoms with Crippen molar-refractivity contribution < 1.29 is 14.3 Å². The summed E-state index contributed by atoms with van der Waals surface area (Å²) in [4.78, 5) is 26.0. The van der Waals surface area contributed by atoms with Crippen LogP contribution in [0.3, 0.4) is 0 Å². The summed E-state index contributed by atoms with van der Waals surface area (Å²) in [6.07, 6.45) is -0.539. The molecular formula is C16H24N2O3S. The van der Waals surface area contributed by atoms with Crippen LogP contribution >= 0.6 is 12.6 Å². The number of amides is 2. The van der Waals surface area contributed by atoms with Crippen LogP contribution in [0.2, 0.25) is 0 Å². The van der Waals surface area contributed by atoms with Gasteiger partial charge in [-0.2, -0.15) is 12.6 Å². The average Bonchev–Trinajstić information content (AvgIpc) is 2.44. The molecule has 0 spiro atoms. The van der Waals surface area contributed by atoms with Crippen LogP contribution in [-0.4, -0.2) is 41.8 Å². The smallest absolute Gasteiger partial charge is 0.410 e. The normalized spacial score (nSPS) is 12.4. The van der Waals surface area contributed by atoms with E-state index in [0.29, 0.717) is 12.3 Å². The van der Waals surface area contributed by atoms with Crippen molar-refractivity contribution in [1.82, 2.24) is 10.2 Å². The van der Waals surface area contributed by atoms with E-state index < -0.39 is 17.7 Å². The number of benzene rings is 1. The van der Waals surface area contributed by atoms with Crippen LogP contribution in [-0.2, 0) is 9.53 Å². The summed E-state index contributed by atoms with van der Waals surface area (Å²) in [6.45, 7) is 5.80. The molecule has 1 unspecified atom stereocenters. The lowest BCUT2D eigenvalue weighted by Crippen LogP contribution is -2.44. The molecule has 1 N–H and O–H groups in total. The summed E-state index contributed by atoms with van der Waals surface area (Å²) in [5, 5.41) is 2.76. The topological polar surface area (TPSA) is 58.6 Å². The Morgan fingerprint density at radius 3 is 2.36 bits per heavy atom. The third-order valence-corrected chi connectivity index (χ3v) is 3.07. The first-order valence-electron chi connectivity index (χ1n) is 7.15. The first kappa shape index (κ1) is 18.4. The fourth-order valence-electron chi connectivity index (χ4n) is 1.90. The second-order valence-corrected chi connectivity index (χ2v) is 6.37. The second kappa shape index (κ2) is 8.08. The van der Waals surface area contributed by atoms with Crippen LogP contribution in [0, 0.1) is 0 Å². The minimum atomic E-state index is -0.740. The third kappa shape index (κ3) is 5.60. The van der Waals surface area contributed by atoms with E-state index in [1.807, 2.05) is 30.3 Å². The Morgan fingerprint density at radius 2 is 1.86 bits per heavy atom. The lowest BCUT2D eigenvalue weighted by Gasteiger charge is -2.30. The number of carbonyl (C=O) groups is 2. The van der Waals surface area contributed by atoms with E-state index in [1.54, 1.807) is 27.8 Å². The molecule has 0 saturated carbocycles. The molecule has 6 heteroatoms. The molecular weight excluding hydrogens is 300 g/mol. The van der Waals surface area contributed by atoms with E-state index in [9.17, 15) is 9.59 Å². The Bertz CT molecular complexity index is 500. The van der Waals surface area contributed by atoms with Gasteiger partial charge in [0.2, 0.25) is 5.91 Å². The number of likely N-dealkylation sites (N-methyl/N-ethyl adjacent to an activating group) is 1. The minimum absolute atomic E-state index is 0.256. The van der Waals surface area contributed by atoms with E-state index in [-0.39, 0.29) is 5.91 Å². The minimum Gasteiger partial charge on any atom is -0.444 e. The molecule has 0 heterocycles. The Morgan fingerprint density at radius 1 is 1.27 bits per heavy atom. The van der Waals surface area contributed by atoms with Crippen molar-refractivity contribution >= 4 is 24.6 Å². The lowest BCUT2D eigenvalue weighted by atomic mass is 10.1. The standard InChI is InChI=1S/C16H24N2O3S/c1-16(2,3)21-15(20)18(4)13(14(19)17-10-11-22)12-8-6-5-7-9-12/h5-9,13,22H,10-11H2,1-4H3,(H,17,19). The monoisotopic (exact) mass is 324 g/mol. The number of ether oxygens (including phenoxy) is 1. The molecule has 122 valence electrons. The van der Waals surface area contributed by atoms with Crippen molar-refractivity contribution in [3.8, 4) is 0 Å². The quantitative estimate of drug-likeness (QED) is 0.819. The van der Waals surface area contributed by atoms with Crippen LogP contribution < -0.4 is 5.32 Å². The summed E-state index contributed by atoms with van der Waals surface area (Å²) in [6, 6.07) is 8.40. The molecule has 1 aromatic rings. The van der Waals surface area contributed by atoms with E-state index >= 15 is 0 Å². The van der Waals surface area contributed by atoms with Crippen molar-refractivity contribution in [2.45, 2.75) is 32.4 Å². The molecule has 0 saturated heterocycles. The number of thiol groups is 1. The van der Waals surface area contributed by atoms with Gasteiger partial charge in [0, 0.05) is 19.3 Å². The van der Waals surface area contributed by atoms with Gasteiger partial charge in [0.05, 0.1) is 0 Å².